The highest BCUT2D eigenvalue weighted by Crippen LogP contribution is 2.33. The van der Waals surface area contributed by atoms with Gasteiger partial charge in [0, 0.05) is 16.5 Å². The van der Waals surface area contributed by atoms with Gasteiger partial charge in [-0.1, -0.05) is 40.7 Å². The lowest BCUT2D eigenvalue weighted by molar-refractivity contribution is -0.182. The normalized spacial score (nSPS) is 11.3. The van der Waals surface area contributed by atoms with E-state index in [2.05, 4.69) is 4.94 Å². The van der Waals surface area contributed by atoms with Gasteiger partial charge in [-0.15, -0.1) is 0 Å². The second-order valence-electron chi connectivity index (χ2n) is 7.19. The maximum Gasteiger partial charge on any atom is 0.353 e. The summed E-state index contributed by atoms with van der Waals surface area (Å²) < 4.78 is 17.4. The van der Waals surface area contributed by atoms with Crippen LogP contribution in [-0.2, 0) is 21.0 Å². The van der Waals surface area contributed by atoms with Crippen LogP contribution in [0.3, 0.4) is 0 Å². The summed E-state index contributed by atoms with van der Waals surface area (Å²) >= 11 is 0. The first kappa shape index (κ1) is 19.9. The minimum Gasteiger partial charge on any atom is -0.495 e. The van der Waals surface area contributed by atoms with E-state index >= 15 is 0 Å². The minimum atomic E-state index is -0.983. The Hall–Kier alpha value is -2.11. The maximum atomic E-state index is 12.9. The third kappa shape index (κ3) is 5.22. The Bertz CT molecular complexity index is 593. The Labute approximate surface area is 142 Å². The quantitative estimate of drug-likeness (QED) is 0.793. The lowest BCUT2D eigenvalue weighted by Gasteiger charge is -2.32. The van der Waals surface area contributed by atoms with Crippen molar-refractivity contribution in [3.05, 3.63) is 23.8 Å². The first-order valence-corrected chi connectivity index (χ1v) is 7.90. The van der Waals surface area contributed by atoms with Crippen molar-refractivity contribution in [1.82, 2.24) is 0 Å². The molecule has 0 fully saturated rings. The molecule has 0 radical (unpaired) electrons. The predicted molar refractivity (Wildman–Crippen MR) is 90.5 cm³/mol. The Morgan fingerprint density at radius 3 is 2.33 bits per heavy atom. The van der Waals surface area contributed by atoms with Gasteiger partial charge in [0.15, 0.2) is 0 Å². The van der Waals surface area contributed by atoms with Gasteiger partial charge in [0.25, 0.3) is 0 Å². The van der Waals surface area contributed by atoms with E-state index in [1.165, 1.54) is 7.11 Å². The predicted octanol–water partition coefficient (Wildman–Crippen LogP) is 3.70. The van der Waals surface area contributed by atoms with Gasteiger partial charge in [-0.2, -0.15) is 0 Å². The van der Waals surface area contributed by atoms with E-state index in [0.29, 0.717) is 23.5 Å². The molecule has 0 aromatic heterocycles. The molecule has 6 heteroatoms. The van der Waals surface area contributed by atoms with Gasteiger partial charge in [-0.05, 0) is 23.6 Å². The Morgan fingerprint density at radius 1 is 1.25 bits per heavy atom. The maximum absolute atomic E-state index is 12.9. The molecule has 0 aliphatic rings. The molecule has 5 nitrogen and oxygen atoms in total. The number of carbonyl (C=O) groups excluding carboxylic acids is 2. The fourth-order valence-electron chi connectivity index (χ4n) is 2.31. The zero-order valence-corrected chi connectivity index (χ0v) is 15.2. The van der Waals surface area contributed by atoms with Crippen LogP contribution in [0.15, 0.2) is 18.2 Å². The van der Waals surface area contributed by atoms with Gasteiger partial charge < -0.3 is 9.64 Å². The summed E-state index contributed by atoms with van der Waals surface area (Å²) in [5.74, 6) is -0.283. The molecule has 1 rings (SSSR count). The smallest absolute Gasteiger partial charge is 0.353 e. The number of hydrogen-bond acceptors (Lipinski definition) is 4. The van der Waals surface area contributed by atoms with Crippen LogP contribution in [0.25, 0.3) is 0 Å². The van der Waals surface area contributed by atoms with Crippen LogP contribution in [-0.4, -0.2) is 25.5 Å². The zero-order valence-electron chi connectivity index (χ0n) is 15.2. The number of anilines is 1. The van der Waals surface area contributed by atoms with Crippen molar-refractivity contribution in [2.45, 2.75) is 41.0 Å². The number of rotatable bonds is 6. The Balaban J connectivity index is 3.35. The molecule has 0 saturated heterocycles. The second-order valence-corrected chi connectivity index (χ2v) is 7.19. The third-order valence-electron chi connectivity index (χ3n) is 3.40. The van der Waals surface area contributed by atoms with Crippen molar-refractivity contribution in [1.29, 1.82) is 0 Å². The van der Waals surface area contributed by atoms with Gasteiger partial charge in [0.05, 0.1) is 19.2 Å². The molecule has 0 N–H and O–H groups in total. The number of amides is 1. The van der Waals surface area contributed by atoms with E-state index in [-0.39, 0.29) is 18.2 Å². The number of nitrogens with zero attached hydrogens (tertiary/aromatic N) is 1. The molecule has 0 unspecified atom stereocenters. The van der Waals surface area contributed by atoms with Crippen molar-refractivity contribution >= 4 is 17.6 Å². The van der Waals surface area contributed by atoms with Crippen LogP contribution >= 0.6 is 0 Å². The molecule has 0 atom stereocenters. The molecule has 24 heavy (non-hydrogen) atoms. The van der Waals surface area contributed by atoms with Crippen molar-refractivity contribution in [2.75, 3.05) is 18.6 Å². The zero-order chi connectivity index (χ0) is 18.5. The van der Waals surface area contributed by atoms with E-state index < -0.39 is 11.4 Å². The van der Waals surface area contributed by atoms with E-state index in [0.717, 1.165) is 0 Å². The van der Waals surface area contributed by atoms with Crippen LogP contribution in [0.4, 0.5) is 10.2 Å². The number of ether oxygens (including phenoxy) is 1. The average molecular weight is 339 g/mol. The summed E-state index contributed by atoms with van der Waals surface area (Å²) in [5, 5.41) is 0. The summed E-state index contributed by atoms with van der Waals surface area (Å²) in [6.45, 7) is 10.1. The highest BCUT2D eigenvalue weighted by atomic mass is 19.3. The molecule has 0 spiro atoms. The lowest BCUT2D eigenvalue weighted by atomic mass is 9.93. The Morgan fingerprint density at radius 2 is 1.88 bits per heavy atom. The van der Waals surface area contributed by atoms with Crippen molar-refractivity contribution in [2.24, 2.45) is 11.3 Å². The number of carbonyl (C=O) groups is 2. The first-order valence-electron chi connectivity index (χ1n) is 7.90. The number of hydrogen-bond donors (Lipinski definition) is 0. The van der Waals surface area contributed by atoms with Crippen molar-refractivity contribution in [3.63, 3.8) is 0 Å². The van der Waals surface area contributed by atoms with E-state index in [9.17, 15) is 14.1 Å². The van der Waals surface area contributed by atoms with Crippen LogP contribution in [0.2, 0.25) is 0 Å². The fraction of sp³-hybridized carbons (Fsp3) is 0.556. The number of halogens is 1. The monoisotopic (exact) mass is 339 g/mol. The standard InChI is InChI=1S/C18H26FNO4/c1-12(2)11-20(17(22)18(3,4)5)14-9-13(10-16(21)24-19)7-8-15(14)23-6/h7-9,12H,10-11H2,1-6H3. The molecule has 1 aromatic carbocycles. The summed E-state index contributed by atoms with van der Waals surface area (Å²) in [4.78, 5) is 28.9. The largest absolute Gasteiger partial charge is 0.495 e. The molecular formula is C18H26FNO4. The molecular weight excluding hydrogens is 313 g/mol. The third-order valence-corrected chi connectivity index (χ3v) is 3.40. The van der Waals surface area contributed by atoms with Crippen molar-refractivity contribution < 1.29 is 23.8 Å². The number of methoxy groups -OCH3 is 1. The van der Waals surface area contributed by atoms with Gasteiger partial charge in [-0.25, -0.2) is 4.79 Å². The molecule has 1 aromatic rings. The van der Waals surface area contributed by atoms with Crippen LogP contribution in [0, 0.1) is 11.3 Å². The molecule has 0 aliphatic heterocycles. The van der Waals surface area contributed by atoms with Gasteiger partial charge >= 0.3 is 5.97 Å². The van der Waals surface area contributed by atoms with Gasteiger partial charge in [-0.3, -0.25) is 9.74 Å². The summed E-state index contributed by atoms with van der Waals surface area (Å²) in [5.41, 5.74) is 0.535. The van der Waals surface area contributed by atoms with E-state index in [1.54, 1.807) is 23.1 Å². The molecule has 1 amide bonds. The summed E-state index contributed by atoms with van der Waals surface area (Å²) in [7, 11) is 1.52. The lowest BCUT2D eigenvalue weighted by Crippen LogP contribution is -2.42. The highest BCUT2D eigenvalue weighted by molar-refractivity contribution is 5.98. The van der Waals surface area contributed by atoms with E-state index in [1.807, 2.05) is 34.6 Å². The van der Waals surface area contributed by atoms with Gasteiger partial charge in [0.2, 0.25) is 5.91 Å². The van der Waals surface area contributed by atoms with Crippen LogP contribution < -0.4 is 9.64 Å². The summed E-state index contributed by atoms with van der Waals surface area (Å²) in [6.07, 6.45) is -0.216. The molecule has 0 saturated carbocycles. The first-order chi connectivity index (χ1) is 11.1. The SMILES string of the molecule is COc1ccc(CC(=O)OF)cc1N(CC(C)C)C(=O)C(C)(C)C. The molecule has 0 aliphatic carbocycles. The Kier molecular flexibility index (Phi) is 6.75. The second kappa shape index (κ2) is 8.13. The summed E-state index contributed by atoms with van der Waals surface area (Å²) in [6, 6.07) is 4.98. The molecule has 134 valence electrons. The average Bonchev–Trinajstić information content (AvgIpc) is 2.50. The molecule has 0 heterocycles. The minimum absolute atomic E-state index is 0.0558. The molecule has 0 bridgehead atoms. The van der Waals surface area contributed by atoms with Gasteiger partial charge in [0.1, 0.15) is 5.75 Å². The fourth-order valence-corrected chi connectivity index (χ4v) is 2.31. The van der Waals surface area contributed by atoms with E-state index in [4.69, 9.17) is 4.74 Å². The van der Waals surface area contributed by atoms with Crippen LogP contribution in [0.1, 0.15) is 40.2 Å². The highest BCUT2D eigenvalue weighted by Gasteiger charge is 2.30. The van der Waals surface area contributed by atoms with Crippen molar-refractivity contribution in [3.8, 4) is 5.75 Å². The van der Waals surface area contributed by atoms with Crippen LogP contribution in [0.5, 0.6) is 5.75 Å². The number of benzene rings is 1. The topological polar surface area (TPSA) is 55.8 Å².